The third kappa shape index (κ3) is 2.21. The zero-order valence-electron chi connectivity index (χ0n) is 7.92. The summed E-state index contributed by atoms with van der Waals surface area (Å²) in [5, 5.41) is -0.598. The van der Waals surface area contributed by atoms with E-state index in [0.717, 1.165) is 6.42 Å². The molecule has 0 aromatic rings. The zero-order valence-corrected chi connectivity index (χ0v) is 8.67. The molecule has 4 heteroatoms. The Morgan fingerprint density at radius 3 is 2.77 bits per heavy atom. The lowest BCUT2D eigenvalue weighted by Crippen LogP contribution is -2.36. The molecular formula is C9H14ClNO2. The number of hydrogen-bond donors (Lipinski definition) is 0. The van der Waals surface area contributed by atoms with Crippen LogP contribution in [-0.2, 0) is 9.59 Å². The molecule has 1 saturated heterocycles. The van der Waals surface area contributed by atoms with Gasteiger partial charge in [-0.25, -0.2) is 0 Å². The Morgan fingerprint density at radius 2 is 2.38 bits per heavy atom. The van der Waals surface area contributed by atoms with Gasteiger partial charge in [0.05, 0.1) is 0 Å². The maximum Gasteiger partial charge on any atom is 0.246 e. The lowest BCUT2D eigenvalue weighted by atomic mass is 10.1. The van der Waals surface area contributed by atoms with Gasteiger partial charge in [0, 0.05) is 13.0 Å². The summed E-state index contributed by atoms with van der Waals surface area (Å²) in [7, 11) is 0. The molecule has 0 radical (unpaired) electrons. The highest BCUT2D eigenvalue weighted by molar-refractivity contribution is 6.31. The third-order valence-electron chi connectivity index (χ3n) is 2.39. The van der Waals surface area contributed by atoms with Crippen LogP contribution in [0.15, 0.2) is 0 Å². The predicted octanol–water partition coefficient (Wildman–Crippen LogP) is 1.40. The number of likely N-dealkylation sites (tertiary alicyclic amines) is 1. The molecule has 0 aromatic carbocycles. The average molecular weight is 204 g/mol. The van der Waals surface area contributed by atoms with Gasteiger partial charge >= 0.3 is 0 Å². The van der Waals surface area contributed by atoms with Crippen molar-refractivity contribution < 1.29 is 9.59 Å². The van der Waals surface area contributed by atoms with Crippen LogP contribution in [0.3, 0.4) is 0 Å². The molecule has 1 fully saturated rings. The first kappa shape index (κ1) is 10.5. The predicted molar refractivity (Wildman–Crippen MR) is 50.4 cm³/mol. The molecule has 0 N–H and O–H groups in total. The highest BCUT2D eigenvalue weighted by Crippen LogP contribution is 2.21. The van der Waals surface area contributed by atoms with Gasteiger partial charge < -0.3 is 0 Å². The Morgan fingerprint density at radius 1 is 1.77 bits per heavy atom. The van der Waals surface area contributed by atoms with E-state index in [1.807, 2.05) is 6.92 Å². The first-order chi connectivity index (χ1) is 6.06. The van der Waals surface area contributed by atoms with E-state index in [4.69, 9.17) is 11.6 Å². The minimum atomic E-state index is -0.598. The number of halogens is 1. The van der Waals surface area contributed by atoms with Crippen LogP contribution in [0.5, 0.6) is 0 Å². The fraction of sp³-hybridized carbons (Fsp3) is 0.778. The molecule has 2 amide bonds. The smallest absolute Gasteiger partial charge is 0.246 e. The fourth-order valence-corrected chi connectivity index (χ4v) is 1.60. The third-order valence-corrected chi connectivity index (χ3v) is 2.58. The molecule has 0 aromatic heterocycles. The summed E-state index contributed by atoms with van der Waals surface area (Å²) in [4.78, 5) is 24.0. The van der Waals surface area contributed by atoms with E-state index in [1.54, 1.807) is 6.92 Å². The molecule has 1 aliphatic heterocycles. The number of alkyl halides is 1. The van der Waals surface area contributed by atoms with E-state index in [1.165, 1.54) is 4.90 Å². The van der Waals surface area contributed by atoms with Crippen molar-refractivity contribution in [1.29, 1.82) is 0 Å². The van der Waals surface area contributed by atoms with Crippen molar-refractivity contribution in [2.45, 2.75) is 32.1 Å². The van der Waals surface area contributed by atoms with Gasteiger partial charge in [-0.1, -0.05) is 13.3 Å². The van der Waals surface area contributed by atoms with Crippen molar-refractivity contribution in [2.24, 2.45) is 5.92 Å². The number of carbonyl (C=O) groups is 2. The summed E-state index contributed by atoms with van der Waals surface area (Å²) < 4.78 is 0. The summed E-state index contributed by atoms with van der Waals surface area (Å²) >= 11 is 5.62. The van der Waals surface area contributed by atoms with Crippen molar-refractivity contribution >= 4 is 23.4 Å². The van der Waals surface area contributed by atoms with Gasteiger partial charge in [0.2, 0.25) is 11.8 Å². The maximum absolute atomic E-state index is 11.4. The molecule has 0 aliphatic carbocycles. The molecule has 2 atom stereocenters. The molecular weight excluding hydrogens is 190 g/mol. The monoisotopic (exact) mass is 203 g/mol. The van der Waals surface area contributed by atoms with E-state index in [0.29, 0.717) is 18.9 Å². The topological polar surface area (TPSA) is 37.4 Å². The number of carbonyl (C=O) groups excluding carboxylic acids is 2. The lowest BCUT2D eigenvalue weighted by Gasteiger charge is -2.15. The number of nitrogens with zero attached hydrogens (tertiary/aromatic N) is 1. The van der Waals surface area contributed by atoms with Crippen LogP contribution >= 0.6 is 11.6 Å². The maximum atomic E-state index is 11.4. The van der Waals surface area contributed by atoms with Crippen molar-refractivity contribution in [3.8, 4) is 0 Å². The Hall–Kier alpha value is -0.570. The quantitative estimate of drug-likeness (QED) is 0.637. The van der Waals surface area contributed by atoms with Crippen molar-refractivity contribution in [1.82, 2.24) is 4.90 Å². The van der Waals surface area contributed by atoms with Crippen LogP contribution in [0.2, 0.25) is 0 Å². The summed E-state index contributed by atoms with van der Waals surface area (Å²) in [6.45, 7) is 4.16. The Labute approximate surface area is 83.0 Å². The molecule has 0 saturated carbocycles. The Balaban J connectivity index is 2.62. The van der Waals surface area contributed by atoms with E-state index in [9.17, 15) is 9.59 Å². The lowest BCUT2D eigenvalue weighted by molar-refractivity contribution is -0.141. The second kappa shape index (κ2) is 4.09. The van der Waals surface area contributed by atoms with Gasteiger partial charge in [0.25, 0.3) is 0 Å². The first-order valence-electron chi connectivity index (χ1n) is 4.54. The van der Waals surface area contributed by atoms with E-state index in [2.05, 4.69) is 0 Å². The second-order valence-electron chi connectivity index (χ2n) is 3.44. The molecule has 1 rings (SSSR count). The van der Waals surface area contributed by atoms with Crippen LogP contribution in [0.1, 0.15) is 26.7 Å². The Bertz CT molecular complexity index is 228. The molecule has 1 aliphatic rings. The van der Waals surface area contributed by atoms with Gasteiger partial charge in [-0.3, -0.25) is 14.5 Å². The normalized spacial score (nSPS) is 25.0. The SMILES string of the molecule is CCC1CC(=O)N(C(=O)C(C)Cl)C1. The molecule has 0 bridgehead atoms. The largest absolute Gasteiger partial charge is 0.281 e. The highest BCUT2D eigenvalue weighted by Gasteiger charge is 2.34. The number of imide groups is 1. The molecule has 74 valence electrons. The summed E-state index contributed by atoms with van der Waals surface area (Å²) in [5.41, 5.74) is 0. The van der Waals surface area contributed by atoms with Crippen LogP contribution in [0, 0.1) is 5.92 Å². The number of hydrogen-bond acceptors (Lipinski definition) is 2. The van der Waals surface area contributed by atoms with Gasteiger partial charge in [-0.05, 0) is 12.8 Å². The summed E-state index contributed by atoms with van der Waals surface area (Å²) in [6, 6.07) is 0. The highest BCUT2D eigenvalue weighted by atomic mass is 35.5. The molecule has 1 heterocycles. The molecule has 13 heavy (non-hydrogen) atoms. The fourth-order valence-electron chi connectivity index (χ4n) is 1.48. The number of rotatable bonds is 2. The van der Waals surface area contributed by atoms with Crippen LogP contribution in [-0.4, -0.2) is 28.6 Å². The van der Waals surface area contributed by atoms with Gasteiger partial charge in [0.1, 0.15) is 5.38 Å². The number of amides is 2. The first-order valence-corrected chi connectivity index (χ1v) is 4.98. The molecule has 2 unspecified atom stereocenters. The summed E-state index contributed by atoms with van der Waals surface area (Å²) in [6.07, 6.45) is 1.43. The van der Waals surface area contributed by atoms with E-state index >= 15 is 0 Å². The standard InChI is InChI=1S/C9H14ClNO2/c1-3-7-4-8(12)11(5-7)9(13)6(2)10/h6-7H,3-5H2,1-2H3. The minimum Gasteiger partial charge on any atom is -0.281 e. The zero-order chi connectivity index (χ0) is 10.0. The van der Waals surface area contributed by atoms with Crippen molar-refractivity contribution in [2.75, 3.05) is 6.54 Å². The second-order valence-corrected chi connectivity index (χ2v) is 4.09. The van der Waals surface area contributed by atoms with Gasteiger partial charge in [-0.15, -0.1) is 11.6 Å². The van der Waals surface area contributed by atoms with Gasteiger partial charge in [0.15, 0.2) is 0 Å². The van der Waals surface area contributed by atoms with Crippen molar-refractivity contribution in [3.05, 3.63) is 0 Å². The minimum absolute atomic E-state index is 0.0793. The van der Waals surface area contributed by atoms with Crippen LogP contribution < -0.4 is 0 Å². The van der Waals surface area contributed by atoms with Crippen molar-refractivity contribution in [3.63, 3.8) is 0 Å². The molecule has 0 spiro atoms. The summed E-state index contributed by atoms with van der Waals surface area (Å²) in [5.74, 6) is -0.0150. The molecule has 3 nitrogen and oxygen atoms in total. The average Bonchev–Trinajstić information content (AvgIpc) is 2.45. The van der Waals surface area contributed by atoms with Gasteiger partial charge in [-0.2, -0.15) is 0 Å². The Kier molecular flexibility index (Phi) is 3.31. The van der Waals surface area contributed by atoms with E-state index < -0.39 is 5.38 Å². The van der Waals surface area contributed by atoms with E-state index in [-0.39, 0.29) is 11.8 Å². The van der Waals surface area contributed by atoms with Crippen LogP contribution in [0.4, 0.5) is 0 Å². The van der Waals surface area contributed by atoms with Crippen LogP contribution in [0.25, 0.3) is 0 Å².